The normalized spacial score (nSPS) is 11.2. The summed E-state index contributed by atoms with van der Waals surface area (Å²) in [6.07, 6.45) is 0.557. The first kappa shape index (κ1) is 19.1. The van der Waals surface area contributed by atoms with Crippen LogP contribution >= 0.6 is 23.5 Å². The minimum absolute atomic E-state index is 0.0550. The van der Waals surface area contributed by atoms with E-state index in [-0.39, 0.29) is 9.86 Å². The Morgan fingerprint density at radius 3 is 2.55 bits per heavy atom. The Balaban J connectivity index is 2.58. The largest absolute Gasteiger partial charge is 0.381 e. The molecule has 0 spiro atoms. The number of hydrogen-bond acceptors (Lipinski definition) is 5. The predicted molar refractivity (Wildman–Crippen MR) is 95.4 cm³/mol. The number of rotatable bonds is 9. The molecule has 0 heterocycles. The van der Waals surface area contributed by atoms with Crippen LogP contribution in [0.1, 0.15) is 43.1 Å². The van der Waals surface area contributed by atoms with Gasteiger partial charge < -0.3 is 4.74 Å². The van der Waals surface area contributed by atoms with Gasteiger partial charge >= 0.3 is 0 Å². The number of nitriles is 1. The Hall–Kier alpha value is -0.960. The summed E-state index contributed by atoms with van der Waals surface area (Å²) in [6.45, 7) is 7.52. The van der Waals surface area contributed by atoms with Crippen molar-refractivity contribution in [3.8, 4) is 6.07 Å². The second-order valence-corrected chi connectivity index (χ2v) is 7.96. The van der Waals surface area contributed by atoms with E-state index >= 15 is 0 Å². The molecule has 0 aliphatic heterocycles. The minimum Gasteiger partial charge on any atom is -0.381 e. The molecule has 0 aliphatic carbocycles. The molecule has 1 aromatic carbocycles. The van der Waals surface area contributed by atoms with Crippen LogP contribution in [0.5, 0.6) is 0 Å². The third-order valence-corrected chi connectivity index (χ3v) is 5.39. The molecule has 0 unspecified atom stereocenters. The average Bonchev–Trinajstić information content (AvgIpc) is 2.51. The fourth-order valence-corrected chi connectivity index (χ4v) is 3.56. The molecule has 0 aromatic heterocycles. The molecule has 0 atom stereocenters. The van der Waals surface area contributed by atoms with Gasteiger partial charge in [0.15, 0.2) is 0 Å². The van der Waals surface area contributed by atoms with Crippen LogP contribution in [0.25, 0.3) is 0 Å². The summed E-state index contributed by atoms with van der Waals surface area (Å²) in [4.78, 5) is 12.0. The number of thioether (sulfide) groups is 2. The maximum Gasteiger partial charge on any atom is 0.219 e. The quantitative estimate of drug-likeness (QED) is 0.622. The number of nitrogens with zero attached hydrogens (tertiary/aromatic N) is 1. The fraction of sp³-hybridized carbons (Fsp3) is 0.529. The third kappa shape index (κ3) is 6.43. The molecular weight excluding hydrogens is 314 g/mol. The van der Waals surface area contributed by atoms with Crippen LogP contribution in [0.15, 0.2) is 24.3 Å². The van der Waals surface area contributed by atoms with Crippen LogP contribution in [-0.2, 0) is 9.48 Å². The lowest BCUT2D eigenvalue weighted by atomic mass is 10.0. The van der Waals surface area contributed by atoms with Crippen molar-refractivity contribution in [2.75, 3.05) is 24.7 Å². The van der Waals surface area contributed by atoms with Crippen molar-refractivity contribution in [2.45, 2.75) is 31.9 Å². The van der Waals surface area contributed by atoms with Crippen molar-refractivity contribution in [1.29, 1.82) is 5.26 Å². The van der Waals surface area contributed by atoms with E-state index in [9.17, 15) is 4.79 Å². The molecule has 3 nitrogen and oxygen atoms in total. The van der Waals surface area contributed by atoms with E-state index in [2.05, 4.69) is 19.9 Å². The summed E-state index contributed by atoms with van der Waals surface area (Å²) in [6, 6.07) is 9.96. The van der Waals surface area contributed by atoms with E-state index in [1.165, 1.54) is 17.3 Å². The van der Waals surface area contributed by atoms with Crippen molar-refractivity contribution >= 4 is 28.6 Å². The summed E-state index contributed by atoms with van der Waals surface area (Å²) < 4.78 is 5.18. The van der Waals surface area contributed by atoms with E-state index < -0.39 is 0 Å². The number of benzene rings is 1. The van der Waals surface area contributed by atoms with Gasteiger partial charge in [0.25, 0.3) is 0 Å². The molecule has 1 rings (SSSR count). The number of carbonyl (C=O) groups is 1. The van der Waals surface area contributed by atoms with Crippen molar-refractivity contribution in [2.24, 2.45) is 0 Å². The Bertz CT molecular complexity index is 506. The Labute approximate surface area is 141 Å². The van der Waals surface area contributed by atoms with E-state index in [1.54, 1.807) is 11.8 Å². The lowest BCUT2D eigenvalue weighted by Gasteiger charge is -2.24. The first-order valence-corrected chi connectivity index (χ1v) is 9.34. The first-order chi connectivity index (χ1) is 10.5. The summed E-state index contributed by atoms with van der Waals surface area (Å²) in [7, 11) is 0. The lowest BCUT2D eigenvalue weighted by Crippen LogP contribution is -2.13. The number of hydrogen-bond donors (Lipinski definition) is 0. The van der Waals surface area contributed by atoms with Crippen molar-refractivity contribution < 1.29 is 9.53 Å². The van der Waals surface area contributed by atoms with Crippen molar-refractivity contribution in [3.05, 3.63) is 35.4 Å². The van der Waals surface area contributed by atoms with Gasteiger partial charge in [0.05, 0.1) is 12.7 Å². The monoisotopic (exact) mass is 337 g/mol. The zero-order valence-corrected chi connectivity index (χ0v) is 15.1. The highest BCUT2D eigenvalue weighted by Gasteiger charge is 2.21. The highest BCUT2D eigenvalue weighted by Crippen LogP contribution is 2.36. The molecular formula is C17H23NO2S2. The molecule has 0 radical (unpaired) electrons. The van der Waals surface area contributed by atoms with Crippen LogP contribution in [0.2, 0.25) is 0 Å². The van der Waals surface area contributed by atoms with Crippen LogP contribution in [0, 0.1) is 11.3 Å². The van der Waals surface area contributed by atoms with Gasteiger partial charge in [-0.1, -0.05) is 36.0 Å². The topological polar surface area (TPSA) is 50.1 Å². The first-order valence-electron chi connectivity index (χ1n) is 7.37. The molecule has 0 saturated carbocycles. The number of carbonyl (C=O) groups excluding carboxylic acids is 1. The smallest absolute Gasteiger partial charge is 0.219 e. The molecule has 22 heavy (non-hydrogen) atoms. The molecule has 120 valence electrons. The van der Waals surface area contributed by atoms with Crippen LogP contribution < -0.4 is 0 Å². The van der Waals surface area contributed by atoms with Crippen LogP contribution in [-0.4, -0.2) is 29.8 Å². The Morgan fingerprint density at radius 2 is 1.95 bits per heavy atom. The molecule has 0 amide bonds. The lowest BCUT2D eigenvalue weighted by molar-refractivity contribution is 0.108. The summed E-state index contributed by atoms with van der Waals surface area (Å²) in [5.74, 6) is 1.50. The summed E-state index contributed by atoms with van der Waals surface area (Å²) >= 11 is 3.06. The third-order valence-electron chi connectivity index (χ3n) is 3.16. The van der Waals surface area contributed by atoms with Gasteiger partial charge in [-0.2, -0.15) is 5.26 Å². The second-order valence-electron chi connectivity index (χ2n) is 5.18. The van der Waals surface area contributed by atoms with Gasteiger partial charge in [-0.25, -0.2) is 0 Å². The van der Waals surface area contributed by atoms with Gasteiger partial charge in [-0.3, -0.25) is 4.79 Å². The van der Waals surface area contributed by atoms with E-state index in [1.807, 2.05) is 31.2 Å². The molecule has 1 aromatic rings. The summed E-state index contributed by atoms with van der Waals surface area (Å²) in [5.41, 5.74) is 1.90. The predicted octanol–water partition coefficient (Wildman–Crippen LogP) is 4.48. The average molecular weight is 338 g/mol. The SMILES string of the molecule is CCOCCSC(=O)c1ccc(C(C)(C)SCCC#N)cc1. The van der Waals surface area contributed by atoms with Crippen LogP contribution in [0.4, 0.5) is 0 Å². The summed E-state index contributed by atoms with van der Waals surface area (Å²) in [5, 5.41) is 8.71. The van der Waals surface area contributed by atoms with E-state index in [0.29, 0.717) is 25.4 Å². The molecule has 0 aliphatic rings. The van der Waals surface area contributed by atoms with Gasteiger partial charge in [0.1, 0.15) is 0 Å². The highest BCUT2D eigenvalue weighted by atomic mass is 32.2. The van der Waals surface area contributed by atoms with Gasteiger partial charge in [0.2, 0.25) is 5.12 Å². The molecule has 0 N–H and O–H groups in total. The number of ether oxygens (including phenoxy) is 1. The van der Waals surface area contributed by atoms with Gasteiger partial charge in [-0.05, 0) is 26.3 Å². The van der Waals surface area contributed by atoms with Crippen molar-refractivity contribution in [1.82, 2.24) is 0 Å². The standard InChI is InChI=1S/C17H23NO2S2/c1-4-20-11-13-21-16(19)14-6-8-15(9-7-14)17(2,3)22-12-5-10-18/h6-9H,4-5,11-13H2,1-3H3. The molecule has 0 saturated heterocycles. The molecule has 0 fully saturated rings. The zero-order valence-electron chi connectivity index (χ0n) is 13.4. The fourth-order valence-electron chi connectivity index (χ4n) is 1.86. The second kappa shape index (κ2) is 9.94. The minimum atomic E-state index is -0.0550. The van der Waals surface area contributed by atoms with E-state index in [0.717, 1.165) is 11.3 Å². The van der Waals surface area contributed by atoms with Crippen LogP contribution in [0.3, 0.4) is 0 Å². The Kier molecular flexibility index (Phi) is 8.62. The van der Waals surface area contributed by atoms with Gasteiger partial charge in [-0.15, -0.1) is 11.8 Å². The zero-order chi connectivity index (χ0) is 16.4. The maximum absolute atomic E-state index is 12.0. The Morgan fingerprint density at radius 1 is 1.27 bits per heavy atom. The van der Waals surface area contributed by atoms with Gasteiger partial charge in [0, 0.05) is 34.8 Å². The molecule has 0 bridgehead atoms. The van der Waals surface area contributed by atoms with Crippen molar-refractivity contribution in [3.63, 3.8) is 0 Å². The highest BCUT2D eigenvalue weighted by molar-refractivity contribution is 8.14. The maximum atomic E-state index is 12.0. The molecule has 5 heteroatoms. The van der Waals surface area contributed by atoms with E-state index in [4.69, 9.17) is 10.00 Å².